The molecule has 1 heterocycles. The SMILES string of the molecule is CCC(C)C1CN(c2cc(Br)ccc2C)C(CC)CN1. The highest BCUT2D eigenvalue weighted by molar-refractivity contribution is 9.10. The summed E-state index contributed by atoms with van der Waals surface area (Å²) in [4.78, 5) is 2.62. The van der Waals surface area contributed by atoms with Crippen LogP contribution in [-0.2, 0) is 0 Å². The number of rotatable bonds is 4. The number of aryl methyl sites for hydroxylation is 1. The first-order chi connectivity index (χ1) is 9.56. The van der Waals surface area contributed by atoms with Crippen molar-refractivity contribution in [3.63, 3.8) is 0 Å². The summed E-state index contributed by atoms with van der Waals surface area (Å²) >= 11 is 3.62. The zero-order valence-electron chi connectivity index (χ0n) is 13.1. The lowest BCUT2D eigenvalue weighted by molar-refractivity contribution is 0.306. The molecule has 0 radical (unpaired) electrons. The average molecular weight is 339 g/mol. The maximum Gasteiger partial charge on any atom is 0.0412 e. The molecule has 3 unspecified atom stereocenters. The first kappa shape index (κ1) is 15.8. The third kappa shape index (κ3) is 3.37. The molecule has 1 aromatic rings. The van der Waals surface area contributed by atoms with Crippen molar-refractivity contribution in [3.8, 4) is 0 Å². The summed E-state index contributed by atoms with van der Waals surface area (Å²) in [6.07, 6.45) is 2.42. The number of nitrogens with zero attached hydrogens (tertiary/aromatic N) is 1. The van der Waals surface area contributed by atoms with Gasteiger partial charge in [0.05, 0.1) is 0 Å². The van der Waals surface area contributed by atoms with Gasteiger partial charge in [-0.15, -0.1) is 0 Å². The number of benzene rings is 1. The molecule has 20 heavy (non-hydrogen) atoms. The van der Waals surface area contributed by atoms with Gasteiger partial charge in [0.15, 0.2) is 0 Å². The zero-order valence-corrected chi connectivity index (χ0v) is 14.7. The Morgan fingerprint density at radius 3 is 2.80 bits per heavy atom. The maximum absolute atomic E-state index is 3.75. The van der Waals surface area contributed by atoms with Gasteiger partial charge in [-0.25, -0.2) is 0 Å². The van der Waals surface area contributed by atoms with E-state index < -0.39 is 0 Å². The topological polar surface area (TPSA) is 15.3 Å². The molecule has 1 saturated heterocycles. The zero-order chi connectivity index (χ0) is 14.7. The van der Waals surface area contributed by atoms with Crippen molar-refractivity contribution in [1.29, 1.82) is 0 Å². The van der Waals surface area contributed by atoms with Crippen molar-refractivity contribution in [2.75, 3.05) is 18.0 Å². The summed E-state index contributed by atoms with van der Waals surface area (Å²) in [5, 5.41) is 3.75. The summed E-state index contributed by atoms with van der Waals surface area (Å²) in [5.74, 6) is 0.725. The van der Waals surface area contributed by atoms with Crippen molar-refractivity contribution in [2.45, 2.75) is 52.6 Å². The quantitative estimate of drug-likeness (QED) is 0.877. The molecule has 3 atom stereocenters. The number of halogens is 1. The lowest BCUT2D eigenvalue weighted by Gasteiger charge is -2.44. The molecule has 0 aromatic heterocycles. The Hall–Kier alpha value is -0.540. The first-order valence-electron chi connectivity index (χ1n) is 7.83. The van der Waals surface area contributed by atoms with Crippen LogP contribution in [0.25, 0.3) is 0 Å². The monoisotopic (exact) mass is 338 g/mol. The van der Waals surface area contributed by atoms with E-state index in [2.05, 4.69) is 72.0 Å². The minimum absolute atomic E-state index is 0.598. The first-order valence-corrected chi connectivity index (χ1v) is 8.62. The van der Waals surface area contributed by atoms with Crippen molar-refractivity contribution < 1.29 is 0 Å². The average Bonchev–Trinajstić information content (AvgIpc) is 2.48. The highest BCUT2D eigenvalue weighted by Crippen LogP contribution is 2.29. The Morgan fingerprint density at radius 2 is 2.15 bits per heavy atom. The Labute approximate surface area is 132 Å². The lowest BCUT2D eigenvalue weighted by Crippen LogP contribution is -2.58. The summed E-state index contributed by atoms with van der Waals surface area (Å²) < 4.78 is 1.17. The van der Waals surface area contributed by atoms with Gasteiger partial charge in [-0.2, -0.15) is 0 Å². The van der Waals surface area contributed by atoms with Gasteiger partial charge in [-0.1, -0.05) is 49.2 Å². The van der Waals surface area contributed by atoms with E-state index in [0.717, 1.165) is 19.0 Å². The van der Waals surface area contributed by atoms with Crippen LogP contribution in [0.15, 0.2) is 22.7 Å². The van der Waals surface area contributed by atoms with Crippen molar-refractivity contribution in [2.24, 2.45) is 5.92 Å². The van der Waals surface area contributed by atoms with Crippen LogP contribution in [0.2, 0.25) is 0 Å². The van der Waals surface area contributed by atoms with Crippen LogP contribution >= 0.6 is 15.9 Å². The van der Waals surface area contributed by atoms with E-state index in [-0.39, 0.29) is 0 Å². The molecule has 0 bridgehead atoms. The fraction of sp³-hybridized carbons (Fsp3) is 0.647. The van der Waals surface area contributed by atoms with E-state index in [0.29, 0.717) is 12.1 Å². The molecule has 0 aliphatic carbocycles. The minimum Gasteiger partial charge on any atom is -0.365 e. The van der Waals surface area contributed by atoms with Gasteiger partial charge in [0.2, 0.25) is 0 Å². The van der Waals surface area contributed by atoms with Crippen molar-refractivity contribution in [3.05, 3.63) is 28.2 Å². The Bertz CT molecular complexity index is 447. The summed E-state index contributed by atoms with van der Waals surface area (Å²) in [6, 6.07) is 7.82. The molecular formula is C17H27BrN2. The van der Waals surface area contributed by atoms with Crippen molar-refractivity contribution >= 4 is 21.6 Å². The summed E-state index contributed by atoms with van der Waals surface area (Å²) in [5.41, 5.74) is 2.76. The third-order valence-corrected chi connectivity index (χ3v) is 5.23. The fourth-order valence-corrected chi connectivity index (χ4v) is 3.39. The number of piperazine rings is 1. The van der Waals surface area contributed by atoms with E-state index in [1.54, 1.807) is 0 Å². The van der Waals surface area contributed by atoms with Crippen LogP contribution in [0.1, 0.15) is 39.2 Å². The van der Waals surface area contributed by atoms with Crippen LogP contribution in [0.4, 0.5) is 5.69 Å². The molecule has 2 rings (SSSR count). The lowest BCUT2D eigenvalue weighted by atomic mass is 9.94. The van der Waals surface area contributed by atoms with Crippen LogP contribution in [0.3, 0.4) is 0 Å². The van der Waals surface area contributed by atoms with Crippen LogP contribution in [0, 0.1) is 12.8 Å². The molecule has 1 fully saturated rings. The van der Waals surface area contributed by atoms with Crippen LogP contribution < -0.4 is 10.2 Å². The molecule has 0 amide bonds. The summed E-state index contributed by atoms with van der Waals surface area (Å²) in [7, 11) is 0. The highest BCUT2D eigenvalue weighted by Gasteiger charge is 2.29. The van der Waals surface area contributed by atoms with E-state index in [9.17, 15) is 0 Å². The molecule has 1 aliphatic heterocycles. The molecule has 1 N–H and O–H groups in total. The maximum atomic E-state index is 3.75. The van der Waals surface area contributed by atoms with E-state index in [4.69, 9.17) is 0 Å². The van der Waals surface area contributed by atoms with Crippen molar-refractivity contribution in [1.82, 2.24) is 5.32 Å². The van der Waals surface area contributed by atoms with Gasteiger partial charge < -0.3 is 10.2 Å². The molecular weight excluding hydrogens is 312 g/mol. The Kier molecular flexibility index (Phi) is 5.50. The van der Waals surface area contributed by atoms with E-state index in [1.165, 1.54) is 28.6 Å². The second-order valence-electron chi connectivity index (χ2n) is 6.05. The van der Waals surface area contributed by atoms with E-state index >= 15 is 0 Å². The fourth-order valence-electron chi connectivity index (χ4n) is 3.04. The minimum atomic E-state index is 0.598. The molecule has 1 aliphatic rings. The Morgan fingerprint density at radius 1 is 1.40 bits per heavy atom. The molecule has 3 heteroatoms. The molecule has 0 spiro atoms. The molecule has 1 aromatic carbocycles. The normalized spacial score (nSPS) is 24.8. The summed E-state index contributed by atoms with van der Waals surface area (Å²) in [6.45, 7) is 11.4. The highest BCUT2D eigenvalue weighted by atomic mass is 79.9. The van der Waals surface area contributed by atoms with Gasteiger partial charge in [-0.3, -0.25) is 0 Å². The second kappa shape index (κ2) is 6.95. The van der Waals surface area contributed by atoms with Gasteiger partial charge in [0.1, 0.15) is 0 Å². The number of hydrogen-bond donors (Lipinski definition) is 1. The predicted molar refractivity (Wildman–Crippen MR) is 91.5 cm³/mol. The largest absolute Gasteiger partial charge is 0.365 e. The smallest absolute Gasteiger partial charge is 0.0412 e. The second-order valence-corrected chi connectivity index (χ2v) is 6.96. The van der Waals surface area contributed by atoms with Gasteiger partial charge >= 0.3 is 0 Å². The number of hydrogen-bond acceptors (Lipinski definition) is 2. The van der Waals surface area contributed by atoms with Gasteiger partial charge in [0, 0.05) is 35.3 Å². The standard InChI is InChI=1S/C17H27BrN2/c1-5-12(3)16-11-20(15(6-2)10-19-16)17-9-14(18)8-7-13(17)4/h7-9,12,15-16,19H,5-6,10-11H2,1-4H3. The van der Waals surface area contributed by atoms with E-state index in [1.807, 2.05) is 0 Å². The predicted octanol–water partition coefficient (Wildman–Crippen LogP) is 4.36. The van der Waals surface area contributed by atoms with Gasteiger partial charge in [0.25, 0.3) is 0 Å². The molecule has 0 saturated carbocycles. The molecule has 2 nitrogen and oxygen atoms in total. The van der Waals surface area contributed by atoms with Crippen LogP contribution in [0.5, 0.6) is 0 Å². The third-order valence-electron chi connectivity index (χ3n) is 4.73. The number of anilines is 1. The number of nitrogens with one attached hydrogen (secondary N) is 1. The van der Waals surface area contributed by atoms with Gasteiger partial charge in [-0.05, 0) is 37.0 Å². The van der Waals surface area contributed by atoms with Crippen LogP contribution in [-0.4, -0.2) is 25.2 Å². The Balaban J connectivity index is 2.26. The molecule has 112 valence electrons.